The van der Waals surface area contributed by atoms with Crippen molar-refractivity contribution in [1.29, 1.82) is 0 Å². The molecule has 0 heterocycles. The Kier molecular flexibility index (Phi) is 4.46. The minimum Gasteiger partial charge on any atom is -0.324 e. The van der Waals surface area contributed by atoms with Crippen LogP contribution in [0.1, 0.15) is 6.42 Å². The Bertz CT molecular complexity index is 160. The maximum atomic E-state index is 10.7. The average Bonchev–Trinajstić information content (AvgIpc) is 1.55. The van der Waals surface area contributed by atoms with Gasteiger partial charge in [-0.2, -0.15) is 0 Å². The van der Waals surface area contributed by atoms with Crippen molar-refractivity contribution in [2.45, 2.75) is 10.7 Å². The van der Waals surface area contributed by atoms with E-state index < -0.39 is 7.60 Å². The molecule has 0 aliphatic carbocycles. The third-order valence-electron chi connectivity index (χ3n) is 1.18. The monoisotopic (exact) mass is 228 g/mol. The SMILES string of the molecule is CP(=O)(O)OCCC([SiH3])([SiH3])[SiH3]. The number of rotatable bonds is 4. The van der Waals surface area contributed by atoms with Gasteiger partial charge in [-0.25, -0.2) is 0 Å². The van der Waals surface area contributed by atoms with Crippen LogP contribution in [0, 0.1) is 0 Å². The van der Waals surface area contributed by atoms with Gasteiger partial charge in [0.1, 0.15) is 0 Å². The molecule has 11 heavy (non-hydrogen) atoms. The molecular weight excluding hydrogens is 211 g/mol. The molecule has 0 aromatic carbocycles. The Morgan fingerprint density at radius 2 is 2.00 bits per heavy atom. The molecule has 0 aliphatic rings. The van der Waals surface area contributed by atoms with E-state index in [-0.39, 0.29) is 0 Å². The molecule has 1 N–H and O–H groups in total. The smallest absolute Gasteiger partial charge is 0.324 e. The van der Waals surface area contributed by atoms with Crippen molar-refractivity contribution in [2.24, 2.45) is 0 Å². The maximum absolute atomic E-state index is 10.7. The van der Waals surface area contributed by atoms with Gasteiger partial charge in [-0.05, 0) is 6.42 Å². The van der Waals surface area contributed by atoms with Crippen molar-refractivity contribution in [3.63, 3.8) is 0 Å². The first-order chi connectivity index (χ1) is 4.71. The van der Waals surface area contributed by atoms with E-state index in [1.807, 2.05) is 0 Å². The number of hydrogen-bond donors (Lipinski definition) is 1. The zero-order valence-corrected chi connectivity index (χ0v) is 14.5. The van der Waals surface area contributed by atoms with E-state index in [9.17, 15) is 4.57 Å². The van der Waals surface area contributed by atoms with Crippen LogP contribution < -0.4 is 0 Å². The number of hydrogen-bond acceptors (Lipinski definition) is 2. The largest absolute Gasteiger partial charge is 0.325 e. The summed E-state index contributed by atoms with van der Waals surface area (Å²) in [7, 11) is 0.398. The predicted molar refractivity (Wildman–Crippen MR) is 58.8 cm³/mol. The second kappa shape index (κ2) is 4.16. The summed E-state index contributed by atoms with van der Waals surface area (Å²) in [5, 5.41) is 0. The van der Waals surface area contributed by atoms with Gasteiger partial charge in [0.15, 0.2) is 0 Å². The van der Waals surface area contributed by atoms with Crippen molar-refractivity contribution < 1.29 is 14.0 Å². The fourth-order valence-corrected chi connectivity index (χ4v) is 1.56. The topological polar surface area (TPSA) is 46.5 Å². The Balaban J connectivity index is 3.52. The summed E-state index contributed by atoms with van der Waals surface area (Å²) in [5.74, 6) is 0. The minimum absolute atomic E-state index is 0.459. The van der Waals surface area contributed by atoms with Crippen molar-refractivity contribution in [3.05, 3.63) is 0 Å². The van der Waals surface area contributed by atoms with E-state index in [2.05, 4.69) is 0 Å². The Morgan fingerprint density at radius 3 is 2.27 bits per heavy atom. The van der Waals surface area contributed by atoms with E-state index in [4.69, 9.17) is 9.42 Å². The summed E-state index contributed by atoms with van der Waals surface area (Å²) < 4.78 is 16.0. The molecule has 1 atom stereocenters. The first-order valence-corrected chi connectivity index (χ1v) is 8.68. The molecule has 7 heteroatoms. The maximum Gasteiger partial charge on any atom is 0.325 e. The highest BCUT2D eigenvalue weighted by atomic mass is 31.2. The highest BCUT2D eigenvalue weighted by molar-refractivity contribution is 7.51. The van der Waals surface area contributed by atoms with E-state index in [0.29, 0.717) is 10.9 Å². The second-order valence-corrected chi connectivity index (χ2v) is 19.9. The van der Waals surface area contributed by atoms with Gasteiger partial charge < -0.3 is 9.42 Å². The molecule has 0 radical (unpaired) electrons. The molecule has 68 valence electrons. The van der Waals surface area contributed by atoms with Gasteiger partial charge in [0.05, 0.1) is 6.61 Å². The quantitative estimate of drug-likeness (QED) is 0.423. The molecule has 0 fully saturated rings. The fraction of sp³-hybridized carbons (Fsp3) is 1.00. The second-order valence-electron chi connectivity index (χ2n) is 3.95. The van der Waals surface area contributed by atoms with Crippen molar-refractivity contribution in [2.75, 3.05) is 13.3 Å². The lowest BCUT2D eigenvalue weighted by atomic mass is 10.5. The Morgan fingerprint density at radius 1 is 1.55 bits per heavy atom. The standard InChI is InChI=1S/C4H17O3PSi3/c1-8(5,6)7-3-2-4(9,10)11/h2-3H2,1,9-11H3,(H,5,6). The molecule has 1 unspecified atom stereocenters. The van der Waals surface area contributed by atoms with E-state index in [1.54, 1.807) is 0 Å². The molecule has 0 saturated carbocycles. The molecule has 0 aromatic rings. The Hall–Kier alpha value is 0.801. The third kappa shape index (κ3) is 10.8. The van der Waals surface area contributed by atoms with Crippen LogP contribution in [0.25, 0.3) is 0 Å². The van der Waals surface area contributed by atoms with Gasteiger partial charge in [-0.3, -0.25) is 4.57 Å². The van der Waals surface area contributed by atoms with Crippen LogP contribution >= 0.6 is 7.60 Å². The summed E-state index contributed by atoms with van der Waals surface area (Å²) in [6, 6.07) is 0. The Labute approximate surface area is 76.7 Å². The highest BCUT2D eigenvalue weighted by Gasteiger charge is 2.14. The van der Waals surface area contributed by atoms with Crippen molar-refractivity contribution in [3.8, 4) is 0 Å². The summed E-state index contributed by atoms with van der Waals surface area (Å²) >= 11 is 0. The van der Waals surface area contributed by atoms with Crippen LogP contribution in [-0.2, 0) is 9.09 Å². The zero-order chi connectivity index (χ0) is 9.12. The third-order valence-corrected chi connectivity index (χ3v) is 3.34. The lowest BCUT2D eigenvalue weighted by Crippen LogP contribution is -2.15. The summed E-state index contributed by atoms with van der Waals surface area (Å²) in [6.45, 7) is 1.70. The summed E-state index contributed by atoms with van der Waals surface area (Å²) in [5.41, 5.74) is 0. The zero-order valence-electron chi connectivity index (χ0n) is 7.63. The highest BCUT2D eigenvalue weighted by Crippen LogP contribution is 2.37. The summed E-state index contributed by atoms with van der Waals surface area (Å²) in [6.07, 6.45) is 0.982. The summed E-state index contributed by atoms with van der Waals surface area (Å²) in [4.78, 5) is 8.78. The molecule has 0 bridgehead atoms. The molecule has 0 spiro atoms. The van der Waals surface area contributed by atoms with Crippen molar-refractivity contribution in [1.82, 2.24) is 0 Å². The van der Waals surface area contributed by atoms with Crippen LogP contribution in [0.3, 0.4) is 0 Å². The molecule has 0 aliphatic heterocycles. The van der Waals surface area contributed by atoms with Crippen LogP contribution in [0.15, 0.2) is 0 Å². The lowest BCUT2D eigenvalue weighted by Gasteiger charge is -2.17. The van der Waals surface area contributed by atoms with E-state index >= 15 is 0 Å². The molecule has 0 aromatic heterocycles. The first kappa shape index (κ1) is 11.8. The van der Waals surface area contributed by atoms with Gasteiger partial charge in [0.2, 0.25) is 0 Å². The van der Waals surface area contributed by atoms with Crippen LogP contribution in [0.4, 0.5) is 0 Å². The van der Waals surface area contributed by atoms with Gasteiger partial charge in [0, 0.05) is 37.4 Å². The van der Waals surface area contributed by atoms with Gasteiger partial charge in [-0.1, -0.05) is 4.28 Å². The molecule has 0 saturated heterocycles. The first-order valence-electron chi connectivity index (χ1n) is 3.65. The molecule has 3 nitrogen and oxygen atoms in total. The van der Waals surface area contributed by atoms with Crippen LogP contribution in [0.2, 0.25) is 4.28 Å². The van der Waals surface area contributed by atoms with Gasteiger partial charge in [-0.15, -0.1) is 0 Å². The average molecular weight is 228 g/mol. The fourth-order valence-electron chi connectivity index (χ4n) is 0.521. The minimum atomic E-state index is -3.21. The predicted octanol–water partition coefficient (Wildman–Crippen LogP) is -2.62. The van der Waals surface area contributed by atoms with Crippen LogP contribution in [-0.4, -0.2) is 48.9 Å². The molecular formula is C4H17O3PSi3. The normalized spacial score (nSPS) is 23.1. The van der Waals surface area contributed by atoms with Gasteiger partial charge in [0.25, 0.3) is 0 Å². The van der Waals surface area contributed by atoms with Crippen molar-refractivity contribution >= 4 is 38.3 Å². The van der Waals surface area contributed by atoms with Gasteiger partial charge >= 0.3 is 7.60 Å². The molecule has 0 rings (SSSR count). The van der Waals surface area contributed by atoms with E-state index in [0.717, 1.165) is 6.42 Å². The lowest BCUT2D eigenvalue weighted by molar-refractivity contribution is 0.261. The van der Waals surface area contributed by atoms with Crippen LogP contribution in [0.5, 0.6) is 0 Å². The molecule has 0 amide bonds. The van der Waals surface area contributed by atoms with E-state index in [1.165, 1.54) is 37.4 Å².